The number of allylic oxidation sites excluding steroid dienone is 5. The molecule has 0 amide bonds. The molecule has 2 aromatic rings. The molecule has 0 unspecified atom stereocenters. The first-order chi connectivity index (χ1) is 9.83. The van der Waals surface area contributed by atoms with E-state index in [1.54, 1.807) is 0 Å². The van der Waals surface area contributed by atoms with Crippen LogP contribution in [0.25, 0.3) is 16.8 Å². The molecule has 1 aromatic heterocycles. The maximum atomic E-state index is 4.42. The lowest BCUT2D eigenvalue weighted by Gasteiger charge is -2.05. The molecule has 0 bridgehead atoms. The van der Waals surface area contributed by atoms with Crippen LogP contribution in [0.3, 0.4) is 0 Å². The van der Waals surface area contributed by atoms with E-state index >= 15 is 0 Å². The van der Waals surface area contributed by atoms with Crippen molar-refractivity contribution in [1.29, 1.82) is 0 Å². The van der Waals surface area contributed by atoms with Gasteiger partial charge in [0.1, 0.15) is 0 Å². The van der Waals surface area contributed by atoms with Gasteiger partial charge < -0.3 is 0 Å². The summed E-state index contributed by atoms with van der Waals surface area (Å²) < 4.78 is 0. The third kappa shape index (κ3) is 2.12. The Kier molecular flexibility index (Phi) is 3.34. The Morgan fingerprint density at radius 1 is 1.20 bits per heavy atom. The predicted octanol–water partition coefficient (Wildman–Crippen LogP) is 4.82. The fourth-order valence-electron chi connectivity index (χ4n) is 2.71. The van der Waals surface area contributed by atoms with Gasteiger partial charge in [-0.3, -0.25) is 4.98 Å². The minimum atomic E-state index is 0.958. The molecule has 1 heterocycles. The van der Waals surface area contributed by atoms with Crippen LogP contribution < -0.4 is 0 Å². The Labute approximate surface area is 120 Å². The minimum Gasteiger partial charge on any atom is -0.256 e. The highest BCUT2D eigenvalue weighted by Gasteiger charge is 2.18. The van der Waals surface area contributed by atoms with Crippen LogP contribution in [0.4, 0.5) is 0 Å². The number of rotatable bonds is 3. The van der Waals surface area contributed by atoms with Gasteiger partial charge in [0.2, 0.25) is 0 Å². The smallest absolute Gasteiger partial charge is 0.0702 e. The van der Waals surface area contributed by atoms with Gasteiger partial charge in [-0.05, 0) is 53.8 Å². The SMILES string of the molecule is C=CC1=C(/C=C\C)c2ccc(-c3ccccn3)cc2C1. The van der Waals surface area contributed by atoms with Crippen molar-refractivity contribution in [3.8, 4) is 11.3 Å². The molecule has 20 heavy (non-hydrogen) atoms. The van der Waals surface area contributed by atoms with Crippen LogP contribution in [0.1, 0.15) is 18.1 Å². The van der Waals surface area contributed by atoms with Crippen molar-refractivity contribution in [1.82, 2.24) is 4.98 Å². The summed E-state index contributed by atoms with van der Waals surface area (Å²) in [7, 11) is 0. The monoisotopic (exact) mass is 259 g/mol. The first kappa shape index (κ1) is 12.6. The summed E-state index contributed by atoms with van der Waals surface area (Å²) in [4.78, 5) is 4.42. The summed E-state index contributed by atoms with van der Waals surface area (Å²) in [6.07, 6.45) is 9.01. The van der Waals surface area contributed by atoms with Gasteiger partial charge in [-0.15, -0.1) is 0 Å². The Morgan fingerprint density at radius 3 is 2.80 bits per heavy atom. The van der Waals surface area contributed by atoms with E-state index in [-0.39, 0.29) is 0 Å². The maximum absolute atomic E-state index is 4.42. The molecule has 1 aliphatic rings. The van der Waals surface area contributed by atoms with E-state index in [4.69, 9.17) is 0 Å². The molecule has 0 fully saturated rings. The molecule has 1 aromatic carbocycles. The molecule has 3 rings (SSSR count). The van der Waals surface area contributed by atoms with Gasteiger partial charge in [0.15, 0.2) is 0 Å². The third-order valence-corrected chi connectivity index (χ3v) is 3.66. The number of aromatic nitrogens is 1. The number of hydrogen-bond acceptors (Lipinski definition) is 1. The van der Waals surface area contributed by atoms with Crippen LogP contribution in [-0.4, -0.2) is 4.98 Å². The van der Waals surface area contributed by atoms with Gasteiger partial charge in [-0.2, -0.15) is 0 Å². The highest BCUT2D eigenvalue weighted by atomic mass is 14.7. The summed E-state index contributed by atoms with van der Waals surface area (Å²) >= 11 is 0. The lowest BCUT2D eigenvalue weighted by molar-refractivity contribution is 1.24. The average Bonchev–Trinajstić information content (AvgIpc) is 2.86. The largest absolute Gasteiger partial charge is 0.256 e. The molecule has 1 aliphatic carbocycles. The van der Waals surface area contributed by atoms with Gasteiger partial charge >= 0.3 is 0 Å². The molecule has 0 N–H and O–H groups in total. The second-order valence-electron chi connectivity index (χ2n) is 4.91. The Hall–Kier alpha value is -2.41. The molecular weight excluding hydrogens is 242 g/mol. The fraction of sp³-hybridized carbons (Fsp3) is 0.105. The van der Waals surface area contributed by atoms with Gasteiger partial charge in [-0.1, -0.05) is 43.0 Å². The second kappa shape index (κ2) is 5.30. The summed E-state index contributed by atoms with van der Waals surface area (Å²) in [6, 6.07) is 12.6. The van der Waals surface area contributed by atoms with Crippen molar-refractivity contribution in [2.24, 2.45) is 0 Å². The maximum Gasteiger partial charge on any atom is 0.0702 e. The first-order valence-corrected chi connectivity index (χ1v) is 6.86. The molecular formula is C19H17N. The fourth-order valence-corrected chi connectivity index (χ4v) is 2.71. The van der Waals surface area contributed by atoms with Crippen molar-refractivity contribution < 1.29 is 0 Å². The van der Waals surface area contributed by atoms with Crippen LogP contribution in [0.15, 0.2) is 73.0 Å². The summed E-state index contributed by atoms with van der Waals surface area (Å²) in [5.41, 5.74) is 7.47. The molecule has 0 aliphatic heterocycles. The summed E-state index contributed by atoms with van der Waals surface area (Å²) in [5.74, 6) is 0. The van der Waals surface area contributed by atoms with E-state index < -0.39 is 0 Å². The predicted molar refractivity (Wildman–Crippen MR) is 85.3 cm³/mol. The van der Waals surface area contributed by atoms with Crippen molar-refractivity contribution in [2.75, 3.05) is 0 Å². The van der Waals surface area contributed by atoms with Crippen molar-refractivity contribution in [2.45, 2.75) is 13.3 Å². The molecule has 98 valence electrons. The number of hydrogen-bond donors (Lipinski definition) is 0. The van der Waals surface area contributed by atoms with Gasteiger partial charge in [0, 0.05) is 11.8 Å². The zero-order chi connectivity index (χ0) is 13.9. The van der Waals surface area contributed by atoms with Crippen LogP contribution in [0.2, 0.25) is 0 Å². The van der Waals surface area contributed by atoms with E-state index in [0.29, 0.717) is 0 Å². The lowest BCUT2D eigenvalue weighted by atomic mass is 10.0. The van der Waals surface area contributed by atoms with Gasteiger partial charge in [0.05, 0.1) is 5.69 Å². The Morgan fingerprint density at radius 2 is 2.10 bits per heavy atom. The lowest BCUT2D eigenvalue weighted by Crippen LogP contribution is -1.87. The highest BCUT2D eigenvalue weighted by Crippen LogP contribution is 2.36. The highest BCUT2D eigenvalue weighted by molar-refractivity contribution is 5.85. The molecule has 0 spiro atoms. The molecule has 0 atom stereocenters. The molecule has 0 saturated heterocycles. The first-order valence-electron chi connectivity index (χ1n) is 6.86. The van der Waals surface area contributed by atoms with Gasteiger partial charge in [-0.25, -0.2) is 0 Å². The number of fused-ring (bicyclic) bond motifs is 1. The van der Waals surface area contributed by atoms with Crippen LogP contribution >= 0.6 is 0 Å². The molecule has 1 nitrogen and oxygen atoms in total. The van der Waals surface area contributed by atoms with E-state index in [1.165, 1.54) is 27.8 Å². The number of pyridine rings is 1. The van der Waals surface area contributed by atoms with E-state index in [0.717, 1.165) is 12.1 Å². The molecule has 0 radical (unpaired) electrons. The Balaban J connectivity index is 2.06. The second-order valence-corrected chi connectivity index (χ2v) is 4.91. The van der Waals surface area contributed by atoms with Crippen LogP contribution in [0.5, 0.6) is 0 Å². The molecule has 0 saturated carbocycles. The van der Waals surface area contributed by atoms with Crippen molar-refractivity contribution >= 4 is 5.57 Å². The number of nitrogens with zero attached hydrogens (tertiary/aromatic N) is 1. The minimum absolute atomic E-state index is 0.958. The van der Waals surface area contributed by atoms with E-state index in [9.17, 15) is 0 Å². The quantitative estimate of drug-likeness (QED) is 0.770. The Bertz CT molecular complexity index is 706. The zero-order valence-corrected chi connectivity index (χ0v) is 11.6. The van der Waals surface area contributed by atoms with Crippen LogP contribution in [-0.2, 0) is 6.42 Å². The zero-order valence-electron chi connectivity index (χ0n) is 11.6. The standard InChI is InChI=1S/C19H17N/c1-3-7-17-14(4-2)12-16-13-15(9-10-18(16)17)19-8-5-6-11-20-19/h3-11,13H,2,12H2,1H3/b7-3-. The topological polar surface area (TPSA) is 12.9 Å². The van der Waals surface area contributed by atoms with E-state index in [1.807, 2.05) is 37.4 Å². The van der Waals surface area contributed by atoms with E-state index in [2.05, 4.69) is 41.9 Å². The molecule has 1 heteroatoms. The number of benzene rings is 1. The van der Waals surface area contributed by atoms with Crippen molar-refractivity contribution in [3.63, 3.8) is 0 Å². The summed E-state index contributed by atoms with van der Waals surface area (Å²) in [5, 5.41) is 0. The average molecular weight is 259 g/mol. The third-order valence-electron chi connectivity index (χ3n) is 3.66. The summed E-state index contributed by atoms with van der Waals surface area (Å²) in [6.45, 7) is 5.98. The van der Waals surface area contributed by atoms with Crippen LogP contribution in [0, 0.1) is 0 Å². The van der Waals surface area contributed by atoms with Gasteiger partial charge in [0.25, 0.3) is 0 Å². The van der Waals surface area contributed by atoms with Crippen molar-refractivity contribution in [3.05, 3.63) is 84.1 Å². The normalized spacial score (nSPS) is 13.8.